The van der Waals surface area contributed by atoms with Crippen LogP contribution < -0.4 is 10.6 Å². The normalized spacial score (nSPS) is 22.1. The molecule has 3 heterocycles. The summed E-state index contributed by atoms with van der Waals surface area (Å²) in [5.74, 6) is -0.0213. The third-order valence-electron chi connectivity index (χ3n) is 8.39. The van der Waals surface area contributed by atoms with Crippen molar-refractivity contribution in [3.8, 4) is 11.1 Å². The zero-order chi connectivity index (χ0) is 25.9. The largest absolute Gasteiger partial charge is 0.348 e. The lowest BCUT2D eigenvalue weighted by Crippen LogP contribution is -2.43. The molecule has 0 radical (unpaired) electrons. The third-order valence-corrected chi connectivity index (χ3v) is 8.39. The molecular weight excluding hydrogens is 470 g/mol. The van der Waals surface area contributed by atoms with E-state index in [9.17, 15) is 4.79 Å². The van der Waals surface area contributed by atoms with Crippen LogP contribution in [0.25, 0.3) is 11.1 Å². The highest BCUT2D eigenvalue weighted by atomic mass is 16.1. The molecule has 0 aromatic heterocycles. The Hall–Kier alpha value is -3.03. The molecule has 0 aliphatic carbocycles. The van der Waals surface area contributed by atoms with E-state index < -0.39 is 0 Å². The number of piperazine rings is 2. The number of amides is 1. The van der Waals surface area contributed by atoms with Crippen LogP contribution in [0.5, 0.6) is 0 Å². The molecule has 3 fully saturated rings. The van der Waals surface area contributed by atoms with Gasteiger partial charge in [-0.05, 0) is 65.6 Å². The van der Waals surface area contributed by atoms with Gasteiger partial charge in [0, 0.05) is 76.5 Å². The minimum absolute atomic E-state index is 0.0213. The number of hydrogen-bond acceptors (Lipinski definition) is 5. The number of likely N-dealkylation sites (tertiary alicyclic amines) is 1. The molecule has 0 spiro atoms. The molecule has 3 aromatic carbocycles. The van der Waals surface area contributed by atoms with Gasteiger partial charge in [0.25, 0.3) is 5.91 Å². The number of carbonyl (C=O) groups excluding carboxylic acids is 1. The maximum Gasteiger partial charge on any atom is 0.251 e. The molecule has 3 aromatic rings. The Morgan fingerprint density at radius 1 is 0.868 bits per heavy atom. The Bertz CT molecular complexity index is 1270. The van der Waals surface area contributed by atoms with Gasteiger partial charge in [0.1, 0.15) is 0 Å². The van der Waals surface area contributed by atoms with Crippen molar-refractivity contribution in [1.82, 2.24) is 25.3 Å². The van der Waals surface area contributed by atoms with E-state index in [2.05, 4.69) is 87.0 Å². The molecule has 0 unspecified atom stereocenters. The van der Waals surface area contributed by atoms with Crippen LogP contribution in [0.2, 0.25) is 0 Å². The van der Waals surface area contributed by atoms with Crippen molar-refractivity contribution in [3.05, 3.63) is 95.1 Å². The molecule has 6 rings (SSSR count). The number of likely N-dealkylation sites (N-methyl/N-ethyl adjacent to an activating group) is 1. The highest BCUT2D eigenvalue weighted by Gasteiger charge is 2.37. The highest BCUT2D eigenvalue weighted by Crippen LogP contribution is 2.27. The van der Waals surface area contributed by atoms with Crippen LogP contribution in [0.15, 0.2) is 72.8 Å². The van der Waals surface area contributed by atoms with Crippen molar-refractivity contribution in [2.45, 2.75) is 38.1 Å². The molecule has 0 saturated carbocycles. The standard InChI is InChI=1S/C32H39N5O/c1-35-11-13-36(14-12-35)21-25-6-4-10-29(17-25)32(38)34-19-24-5-2-8-27(15-24)28-9-3-7-26(16-28)22-37-23-30-18-31(37)20-33-30/h2-10,15-17,30-31,33H,11-14,18-23H2,1H3,(H,34,38)/t30-,31+/m0/s1. The van der Waals surface area contributed by atoms with Crippen molar-refractivity contribution >= 4 is 5.91 Å². The molecule has 3 saturated heterocycles. The van der Waals surface area contributed by atoms with Crippen LogP contribution in [-0.2, 0) is 19.6 Å². The van der Waals surface area contributed by atoms with Crippen molar-refractivity contribution in [1.29, 1.82) is 0 Å². The maximum absolute atomic E-state index is 13.0. The predicted molar refractivity (Wildman–Crippen MR) is 153 cm³/mol. The van der Waals surface area contributed by atoms with Gasteiger partial charge >= 0.3 is 0 Å². The van der Waals surface area contributed by atoms with Gasteiger partial charge in [0.2, 0.25) is 0 Å². The number of carbonyl (C=O) groups is 1. The summed E-state index contributed by atoms with van der Waals surface area (Å²) in [6.07, 6.45) is 1.29. The molecule has 2 N–H and O–H groups in total. The van der Waals surface area contributed by atoms with Crippen LogP contribution in [0, 0.1) is 0 Å². The van der Waals surface area contributed by atoms with E-state index in [1.807, 2.05) is 18.2 Å². The molecule has 6 heteroatoms. The molecule has 198 valence electrons. The second-order valence-electron chi connectivity index (χ2n) is 11.3. The van der Waals surface area contributed by atoms with E-state index in [0.29, 0.717) is 18.6 Å². The van der Waals surface area contributed by atoms with E-state index >= 15 is 0 Å². The molecule has 3 aliphatic heterocycles. The summed E-state index contributed by atoms with van der Waals surface area (Å²) in [5.41, 5.74) is 6.82. The van der Waals surface area contributed by atoms with Gasteiger partial charge in [-0.1, -0.05) is 48.5 Å². The van der Waals surface area contributed by atoms with Gasteiger partial charge in [-0.15, -0.1) is 0 Å². The molecular formula is C32H39N5O. The van der Waals surface area contributed by atoms with Gasteiger partial charge in [-0.3, -0.25) is 14.6 Å². The van der Waals surface area contributed by atoms with E-state index in [1.54, 1.807) is 0 Å². The van der Waals surface area contributed by atoms with Crippen LogP contribution in [0.1, 0.15) is 33.5 Å². The predicted octanol–water partition coefficient (Wildman–Crippen LogP) is 3.58. The van der Waals surface area contributed by atoms with Crippen molar-refractivity contribution < 1.29 is 4.79 Å². The summed E-state index contributed by atoms with van der Waals surface area (Å²) >= 11 is 0. The minimum Gasteiger partial charge on any atom is -0.348 e. The summed E-state index contributed by atoms with van der Waals surface area (Å²) < 4.78 is 0. The lowest BCUT2D eigenvalue weighted by Gasteiger charge is -2.32. The van der Waals surface area contributed by atoms with Gasteiger partial charge in [0.05, 0.1) is 0 Å². The summed E-state index contributed by atoms with van der Waals surface area (Å²) in [4.78, 5) is 20.4. The summed E-state index contributed by atoms with van der Waals surface area (Å²) in [5, 5.41) is 6.72. The van der Waals surface area contributed by atoms with Crippen LogP contribution in [0.3, 0.4) is 0 Å². The Labute approximate surface area is 226 Å². The average Bonchev–Trinajstić information content (AvgIpc) is 3.57. The van der Waals surface area contributed by atoms with Crippen molar-refractivity contribution in [3.63, 3.8) is 0 Å². The Morgan fingerprint density at radius 2 is 1.55 bits per heavy atom. The third kappa shape index (κ3) is 6.00. The van der Waals surface area contributed by atoms with Crippen molar-refractivity contribution in [2.75, 3.05) is 46.3 Å². The number of rotatable bonds is 8. The Morgan fingerprint density at radius 3 is 2.26 bits per heavy atom. The second kappa shape index (κ2) is 11.4. The first-order chi connectivity index (χ1) is 18.6. The number of hydrogen-bond donors (Lipinski definition) is 2. The first-order valence-electron chi connectivity index (χ1n) is 14.0. The average molecular weight is 510 g/mol. The van der Waals surface area contributed by atoms with Gasteiger partial charge in [0.15, 0.2) is 0 Å². The first-order valence-corrected chi connectivity index (χ1v) is 14.0. The van der Waals surface area contributed by atoms with E-state index in [4.69, 9.17) is 0 Å². The second-order valence-corrected chi connectivity index (χ2v) is 11.3. The first kappa shape index (κ1) is 25.3. The summed E-state index contributed by atoms with van der Waals surface area (Å²) in [6, 6.07) is 26.9. The summed E-state index contributed by atoms with van der Waals surface area (Å²) in [6.45, 7) is 9.04. The van der Waals surface area contributed by atoms with Gasteiger partial charge in [-0.25, -0.2) is 0 Å². The number of fused-ring (bicyclic) bond motifs is 2. The zero-order valence-electron chi connectivity index (χ0n) is 22.4. The molecule has 2 bridgehead atoms. The molecule has 38 heavy (non-hydrogen) atoms. The fraction of sp³-hybridized carbons (Fsp3) is 0.406. The van der Waals surface area contributed by atoms with Crippen molar-refractivity contribution in [2.24, 2.45) is 0 Å². The van der Waals surface area contributed by atoms with Crippen LogP contribution >= 0.6 is 0 Å². The zero-order valence-corrected chi connectivity index (χ0v) is 22.4. The quantitative estimate of drug-likeness (QED) is 0.486. The summed E-state index contributed by atoms with van der Waals surface area (Å²) in [7, 11) is 2.17. The van der Waals surface area contributed by atoms with E-state index in [1.165, 1.54) is 28.7 Å². The highest BCUT2D eigenvalue weighted by molar-refractivity contribution is 5.94. The number of nitrogens with zero attached hydrogens (tertiary/aromatic N) is 3. The molecule has 1 amide bonds. The SMILES string of the molecule is CN1CCN(Cc2cccc(C(=O)NCc3cccc(-c4cccc(CN5C[C@@H]6C[C@@H]5CN6)c4)c3)c2)CC1. The smallest absolute Gasteiger partial charge is 0.251 e. The monoisotopic (exact) mass is 509 g/mol. The topological polar surface area (TPSA) is 50.9 Å². The van der Waals surface area contributed by atoms with E-state index in [0.717, 1.165) is 63.5 Å². The molecule has 6 nitrogen and oxygen atoms in total. The Kier molecular flexibility index (Phi) is 7.56. The number of nitrogens with one attached hydrogen (secondary N) is 2. The fourth-order valence-corrected chi connectivity index (χ4v) is 6.14. The number of benzene rings is 3. The lowest BCUT2D eigenvalue weighted by molar-refractivity contribution is 0.0950. The Balaban J connectivity index is 1.06. The minimum atomic E-state index is -0.0213. The maximum atomic E-state index is 13.0. The molecule has 3 aliphatic rings. The van der Waals surface area contributed by atoms with E-state index in [-0.39, 0.29) is 5.91 Å². The fourth-order valence-electron chi connectivity index (χ4n) is 6.14. The molecule has 2 atom stereocenters. The van der Waals surface area contributed by atoms with Gasteiger partial charge in [-0.2, -0.15) is 0 Å². The van der Waals surface area contributed by atoms with Crippen LogP contribution in [0.4, 0.5) is 0 Å². The van der Waals surface area contributed by atoms with Gasteiger partial charge < -0.3 is 15.5 Å². The lowest BCUT2D eigenvalue weighted by atomic mass is 10.0. The van der Waals surface area contributed by atoms with Crippen LogP contribution in [-0.4, -0.2) is 79.0 Å².